The van der Waals surface area contributed by atoms with Crippen LogP contribution in [0.5, 0.6) is 0 Å². The molecular formula is C19H28N4O2. The van der Waals surface area contributed by atoms with Crippen LogP contribution in [0.1, 0.15) is 46.2 Å². The number of carbonyl (C=O) groups excluding carboxylic acids is 2. The lowest BCUT2D eigenvalue weighted by Crippen LogP contribution is -2.74. The van der Waals surface area contributed by atoms with E-state index < -0.39 is 0 Å². The molecule has 0 bridgehead atoms. The lowest BCUT2D eigenvalue weighted by atomic mass is 9.80. The molecule has 25 heavy (non-hydrogen) atoms. The summed E-state index contributed by atoms with van der Waals surface area (Å²) in [5.41, 5.74) is 1.10. The van der Waals surface area contributed by atoms with Gasteiger partial charge in [-0.1, -0.05) is 30.3 Å². The Hall–Kier alpha value is -2.24. The van der Waals surface area contributed by atoms with Crippen molar-refractivity contribution in [2.24, 2.45) is 5.92 Å². The molecule has 0 radical (unpaired) electrons. The minimum Gasteiger partial charge on any atom is -0.335 e. The topological polar surface area (TPSA) is 64.7 Å². The van der Waals surface area contributed by atoms with Crippen molar-refractivity contribution in [1.29, 1.82) is 0 Å². The molecule has 2 fully saturated rings. The van der Waals surface area contributed by atoms with Gasteiger partial charge in [-0.05, 0) is 40.2 Å². The van der Waals surface area contributed by atoms with Crippen LogP contribution in [0.25, 0.3) is 0 Å². The SMILES string of the molecule is CC(C)N1C(=O)N[C@@H](C)[C@@H]2[C@H]1NC(=O)N(C(C)C)[C@@H]2c1ccccc1. The van der Waals surface area contributed by atoms with Crippen LogP contribution >= 0.6 is 0 Å². The molecule has 3 rings (SSSR count). The first kappa shape index (κ1) is 17.6. The van der Waals surface area contributed by atoms with Crippen LogP contribution in [0, 0.1) is 5.92 Å². The fraction of sp³-hybridized carbons (Fsp3) is 0.579. The van der Waals surface area contributed by atoms with Crippen LogP contribution in [0.15, 0.2) is 30.3 Å². The van der Waals surface area contributed by atoms with Gasteiger partial charge in [-0.25, -0.2) is 9.59 Å². The summed E-state index contributed by atoms with van der Waals surface area (Å²) in [5, 5.41) is 6.19. The van der Waals surface area contributed by atoms with E-state index in [1.807, 2.05) is 57.7 Å². The summed E-state index contributed by atoms with van der Waals surface area (Å²) < 4.78 is 0. The highest BCUT2D eigenvalue weighted by molar-refractivity contribution is 5.81. The Labute approximate surface area is 149 Å². The lowest BCUT2D eigenvalue weighted by molar-refractivity contribution is -0.0116. The largest absolute Gasteiger partial charge is 0.335 e. The minimum absolute atomic E-state index is 0.00215. The highest BCUT2D eigenvalue weighted by Crippen LogP contribution is 2.40. The highest BCUT2D eigenvalue weighted by Gasteiger charge is 2.52. The van der Waals surface area contributed by atoms with Gasteiger partial charge in [0.1, 0.15) is 6.17 Å². The van der Waals surface area contributed by atoms with E-state index in [-0.39, 0.29) is 48.3 Å². The second-order valence-corrected chi connectivity index (χ2v) is 7.57. The monoisotopic (exact) mass is 344 g/mol. The van der Waals surface area contributed by atoms with Gasteiger partial charge in [-0.3, -0.25) is 0 Å². The van der Waals surface area contributed by atoms with Crippen molar-refractivity contribution in [3.63, 3.8) is 0 Å². The van der Waals surface area contributed by atoms with Crippen LogP contribution in [0.4, 0.5) is 9.59 Å². The van der Waals surface area contributed by atoms with Crippen LogP contribution in [0.3, 0.4) is 0 Å². The first-order valence-corrected chi connectivity index (χ1v) is 9.05. The maximum Gasteiger partial charge on any atom is 0.319 e. The first-order chi connectivity index (χ1) is 11.8. The molecular weight excluding hydrogens is 316 g/mol. The smallest absolute Gasteiger partial charge is 0.319 e. The van der Waals surface area contributed by atoms with E-state index >= 15 is 0 Å². The normalized spacial score (nSPS) is 29.6. The Morgan fingerprint density at radius 2 is 1.44 bits per heavy atom. The number of fused-ring (bicyclic) bond motifs is 1. The summed E-state index contributed by atoms with van der Waals surface area (Å²) in [4.78, 5) is 29.1. The Morgan fingerprint density at radius 3 is 2.00 bits per heavy atom. The van der Waals surface area contributed by atoms with Gasteiger partial charge in [0.25, 0.3) is 0 Å². The molecule has 4 atom stereocenters. The summed E-state index contributed by atoms with van der Waals surface area (Å²) in [6.07, 6.45) is -0.309. The molecule has 2 saturated heterocycles. The van der Waals surface area contributed by atoms with E-state index in [4.69, 9.17) is 0 Å². The van der Waals surface area contributed by atoms with Crippen molar-refractivity contribution < 1.29 is 9.59 Å². The van der Waals surface area contributed by atoms with Gasteiger partial charge in [-0.2, -0.15) is 0 Å². The molecule has 136 valence electrons. The molecule has 0 aliphatic carbocycles. The fourth-order valence-corrected chi connectivity index (χ4v) is 4.22. The Kier molecular flexibility index (Phi) is 4.62. The molecule has 1 aromatic rings. The molecule has 0 aromatic heterocycles. The molecule has 0 unspecified atom stereocenters. The molecule has 2 aliphatic rings. The molecule has 2 aliphatic heterocycles. The predicted molar refractivity (Wildman–Crippen MR) is 96.9 cm³/mol. The summed E-state index contributed by atoms with van der Waals surface area (Å²) >= 11 is 0. The van der Waals surface area contributed by atoms with Gasteiger partial charge in [0, 0.05) is 24.0 Å². The average Bonchev–Trinajstić information content (AvgIpc) is 2.53. The van der Waals surface area contributed by atoms with Gasteiger partial charge in [-0.15, -0.1) is 0 Å². The van der Waals surface area contributed by atoms with Crippen molar-refractivity contribution >= 4 is 12.1 Å². The van der Waals surface area contributed by atoms with Crippen LogP contribution < -0.4 is 10.6 Å². The van der Waals surface area contributed by atoms with Crippen molar-refractivity contribution in [2.45, 2.75) is 65.0 Å². The minimum atomic E-state index is -0.309. The van der Waals surface area contributed by atoms with Gasteiger partial charge in [0.2, 0.25) is 0 Å². The molecule has 0 spiro atoms. The third kappa shape index (κ3) is 2.94. The van der Waals surface area contributed by atoms with Crippen LogP contribution in [-0.2, 0) is 0 Å². The molecule has 6 nitrogen and oxygen atoms in total. The number of amides is 4. The zero-order chi connectivity index (χ0) is 18.3. The third-order valence-corrected chi connectivity index (χ3v) is 5.25. The molecule has 2 heterocycles. The van der Waals surface area contributed by atoms with Gasteiger partial charge in [0.05, 0.1) is 6.04 Å². The Bertz CT molecular complexity index is 646. The highest BCUT2D eigenvalue weighted by atomic mass is 16.2. The fourth-order valence-electron chi connectivity index (χ4n) is 4.22. The van der Waals surface area contributed by atoms with E-state index in [1.165, 1.54) is 0 Å². The maximum atomic E-state index is 12.9. The standard InChI is InChI=1S/C19H28N4O2/c1-11(2)22-16(14-9-7-6-8-10-14)15-13(5)20-18(24)23(12(3)4)17(15)21-19(22)25/h6-13,15-17H,1-5H3,(H,20,24)(H,21,25)/t13-,15-,16+,17-/m0/s1. The van der Waals surface area contributed by atoms with Gasteiger partial charge >= 0.3 is 12.1 Å². The summed E-state index contributed by atoms with van der Waals surface area (Å²) in [5.74, 6) is 0.0580. The molecule has 1 aromatic carbocycles. The Balaban J connectivity index is 2.10. The zero-order valence-corrected chi connectivity index (χ0v) is 15.6. The summed E-state index contributed by atoms with van der Waals surface area (Å²) in [7, 11) is 0. The number of hydrogen-bond donors (Lipinski definition) is 2. The first-order valence-electron chi connectivity index (χ1n) is 9.05. The summed E-state index contributed by atoms with van der Waals surface area (Å²) in [6, 6.07) is 9.82. The quantitative estimate of drug-likeness (QED) is 0.885. The number of urea groups is 2. The van der Waals surface area contributed by atoms with Gasteiger partial charge < -0.3 is 20.4 Å². The molecule has 6 heteroatoms. The molecule has 4 amide bonds. The van der Waals surface area contributed by atoms with Crippen molar-refractivity contribution in [2.75, 3.05) is 0 Å². The second kappa shape index (κ2) is 6.58. The van der Waals surface area contributed by atoms with Crippen molar-refractivity contribution in [3.8, 4) is 0 Å². The number of rotatable bonds is 3. The number of carbonyl (C=O) groups is 2. The van der Waals surface area contributed by atoms with Crippen molar-refractivity contribution in [1.82, 2.24) is 20.4 Å². The second-order valence-electron chi connectivity index (χ2n) is 7.57. The third-order valence-electron chi connectivity index (χ3n) is 5.25. The van der Waals surface area contributed by atoms with E-state index in [9.17, 15) is 9.59 Å². The summed E-state index contributed by atoms with van der Waals surface area (Å²) in [6.45, 7) is 10.0. The van der Waals surface area contributed by atoms with Crippen molar-refractivity contribution in [3.05, 3.63) is 35.9 Å². The Morgan fingerprint density at radius 1 is 0.880 bits per heavy atom. The van der Waals surface area contributed by atoms with Gasteiger partial charge in [0.15, 0.2) is 0 Å². The number of hydrogen-bond acceptors (Lipinski definition) is 2. The van der Waals surface area contributed by atoms with E-state index in [0.29, 0.717) is 0 Å². The van der Waals surface area contributed by atoms with Crippen LogP contribution in [0.2, 0.25) is 0 Å². The predicted octanol–water partition coefficient (Wildman–Crippen LogP) is 2.93. The van der Waals surface area contributed by atoms with E-state index in [2.05, 4.69) is 22.8 Å². The molecule has 0 saturated carbocycles. The maximum absolute atomic E-state index is 12.9. The zero-order valence-electron chi connectivity index (χ0n) is 15.6. The number of nitrogens with one attached hydrogen (secondary N) is 2. The average molecular weight is 344 g/mol. The lowest BCUT2D eigenvalue weighted by Gasteiger charge is -2.55. The number of nitrogens with zero attached hydrogens (tertiary/aromatic N) is 2. The number of benzene rings is 1. The van der Waals surface area contributed by atoms with E-state index in [1.54, 1.807) is 4.90 Å². The van der Waals surface area contributed by atoms with Crippen LogP contribution in [-0.4, -0.2) is 46.2 Å². The molecule has 2 N–H and O–H groups in total. The van der Waals surface area contributed by atoms with E-state index in [0.717, 1.165) is 5.56 Å².